The molecule has 1 aromatic carbocycles. The first-order valence-corrected chi connectivity index (χ1v) is 9.39. The van der Waals surface area contributed by atoms with Crippen molar-refractivity contribution in [3.8, 4) is 0 Å². The molecule has 0 spiro atoms. The molecule has 27 heavy (non-hydrogen) atoms. The SMILES string of the molecule is C=C(C)/C=C\C(=C)C(C(=C)/C=C\C(=C)C)c1ccccc1.CC.CC.CF. The number of benzene rings is 1. The van der Waals surface area contributed by atoms with Gasteiger partial charge < -0.3 is 0 Å². The summed E-state index contributed by atoms with van der Waals surface area (Å²) in [4.78, 5) is 0. The average molecular weight is 371 g/mol. The van der Waals surface area contributed by atoms with Crippen LogP contribution in [0, 0.1) is 0 Å². The highest BCUT2D eigenvalue weighted by Crippen LogP contribution is 2.31. The second kappa shape index (κ2) is 19.9. The summed E-state index contributed by atoms with van der Waals surface area (Å²) in [5, 5.41) is 0. The third-order valence-electron chi connectivity index (χ3n) is 3.04. The van der Waals surface area contributed by atoms with Crippen molar-refractivity contribution in [1.29, 1.82) is 0 Å². The Balaban J connectivity index is -0.000000869. The van der Waals surface area contributed by atoms with Crippen molar-refractivity contribution >= 4 is 0 Å². The monoisotopic (exact) mass is 370 g/mol. The normalized spacial score (nSPS) is 9.37. The zero-order valence-electron chi connectivity index (χ0n) is 18.5. The van der Waals surface area contributed by atoms with E-state index in [4.69, 9.17) is 0 Å². The summed E-state index contributed by atoms with van der Waals surface area (Å²) in [5.74, 6) is 0.0670. The molecule has 0 saturated heterocycles. The van der Waals surface area contributed by atoms with Crippen molar-refractivity contribution in [1.82, 2.24) is 0 Å². The van der Waals surface area contributed by atoms with Gasteiger partial charge in [-0.1, -0.05) is 120 Å². The van der Waals surface area contributed by atoms with Gasteiger partial charge in [0.05, 0.1) is 7.18 Å². The number of rotatable bonds is 7. The molecular weight excluding hydrogens is 331 g/mol. The Hall–Kier alpha value is -2.41. The molecule has 0 bridgehead atoms. The van der Waals surface area contributed by atoms with Crippen LogP contribution in [0.25, 0.3) is 0 Å². The summed E-state index contributed by atoms with van der Waals surface area (Å²) in [6.45, 7) is 28.1. The molecule has 0 aliphatic heterocycles. The molecule has 0 saturated carbocycles. The minimum Gasteiger partial charge on any atom is -0.255 e. The Morgan fingerprint density at radius 3 is 1.33 bits per heavy atom. The molecule has 1 heteroatoms. The second-order valence-electron chi connectivity index (χ2n) is 5.35. The molecule has 0 N–H and O–H groups in total. The van der Waals surface area contributed by atoms with E-state index in [0.29, 0.717) is 7.18 Å². The summed E-state index contributed by atoms with van der Waals surface area (Å²) < 4.78 is 9.50. The molecule has 0 heterocycles. The third-order valence-corrected chi connectivity index (χ3v) is 3.04. The second-order valence-corrected chi connectivity index (χ2v) is 5.35. The van der Waals surface area contributed by atoms with Crippen molar-refractivity contribution < 1.29 is 4.39 Å². The molecule has 0 radical (unpaired) electrons. The van der Waals surface area contributed by atoms with Crippen molar-refractivity contribution in [3.63, 3.8) is 0 Å². The molecule has 1 rings (SSSR count). The lowest BCUT2D eigenvalue weighted by molar-refractivity contribution is 0.636. The first-order chi connectivity index (χ1) is 12.9. The largest absolute Gasteiger partial charge is 0.255 e. The molecule has 150 valence electrons. The smallest absolute Gasteiger partial charge is 0.0785 e. The first kappa shape index (κ1) is 29.4. The van der Waals surface area contributed by atoms with Gasteiger partial charge in [0, 0.05) is 5.92 Å². The number of halogens is 1. The van der Waals surface area contributed by atoms with Crippen LogP contribution in [0.2, 0.25) is 0 Å². The highest BCUT2D eigenvalue weighted by molar-refractivity contribution is 5.46. The van der Waals surface area contributed by atoms with Crippen LogP contribution in [0.5, 0.6) is 0 Å². The standard InChI is InChI=1S/C21H24.2C2H6.CH3F/c1-16(2)12-14-18(5)21(19(6)15-13-17(3)4)20-10-8-7-9-11-20;3*1-2/h7-15,21H,1,3,5-6H2,2,4H3;2*1-2H3;1H3/b14-12-,15-13-;;;. The topological polar surface area (TPSA) is 0 Å². The molecule has 0 fully saturated rings. The van der Waals surface area contributed by atoms with Crippen LogP contribution in [0.1, 0.15) is 53.0 Å². The Morgan fingerprint density at radius 2 is 1.04 bits per heavy atom. The molecular formula is C26H39F. The fraction of sp³-hybridized carbons (Fsp3) is 0.308. The Bertz CT molecular complexity index is 564. The summed E-state index contributed by atoms with van der Waals surface area (Å²) in [6, 6.07) is 10.3. The Labute approximate surface area is 168 Å². The number of allylic oxidation sites excluding steroid dienone is 8. The molecule has 0 aliphatic rings. The summed E-state index contributed by atoms with van der Waals surface area (Å²) in [6.07, 6.45) is 7.99. The third kappa shape index (κ3) is 14.4. The van der Waals surface area contributed by atoms with Gasteiger partial charge in [-0.3, -0.25) is 4.39 Å². The maximum absolute atomic E-state index is 9.50. The van der Waals surface area contributed by atoms with E-state index in [9.17, 15) is 4.39 Å². The highest BCUT2D eigenvalue weighted by Gasteiger charge is 2.15. The molecule has 0 aliphatic carbocycles. The minimum absolute atomic E-state index is 0.0670. The average Bonchev–Trinajstić information content (AvgIpc) is 2.70. The van der Waals surface area contributed by atoms with E-state index in [0.717, 1.165) is 22.3 Å². The molecule has 0 amide bonds. The van der Waals surface area contributed by atoms with Crippen molar-refractivity contribution in [3.05, 3.63) is 109 Å². The van der Waals surface area contributed by atoms with Crippen LogP contribution in [0.3, 0.4) is 0 Å². The van der Waals surface area contributed by atoms with Crippen LogP contribution < -0.4 is 0 Å². The van der Waals surface area contributed by atoms with E-state index < -0.39 is 0 Å². The van der Waals surface area contributed by atoms with Gasteiger partial charge in [0.1, 0.15) is 0 Å². The van der Waals surface area contributed by atoms with E-state index >= 15 is 0 Å². The van der Waals surface area contributed by atoms with Gasteiger partial charge >= 0.3 is 0 Å². The van der Waals surface area contributed by atoms with E-state index in [1.54, 1.807) is 0 Å². The number of hydrogen-bond acceptors (Lipinski definition) is 0. The summed E-state index contributed by atoms with van der Waals surface area (Å²) in [5.41, 5.74) is 5.20. The summed E-state index contributed by atoms with van der Waals surface area (Å²) in [7, 11) is 0.500. The maximum Gasteiger partial charge on any atom is 0.0785 e. The fourth-order valence-corrected chi connectivity index (χ4v) is 2.00. The van der Waals surface area contributed by atoms with E-state index in [1.807, 2.05) is 84.0 Å². The van der Waals surface area contributed by atoms with Crippen LogP contribution >= 0.6 is 0 Å². The predicted octanol–water partition coefficient (Wildman–Crippen LogP) is 8.79. The minimum atomic E-state index is 0.0670. The number of hydrogen-bond donors (Lipinski definition) is 0. The van der Waals surface area contributed by atoms with Crippen LogP contribution in [-0.2, 0) is 0 Å². The van der Waals surface area contributed by atoms with Gasteiger partial charge in [-0.15, -0.1) is 0 Å². The molecule has 1 aromatic rings. The lowest BCUT2D eigenvalue weighted by Gasteiger charge is -2.19. The van der Waals surface area contributed by atoms with Crippen molar-refractivity contribution in [2.24, 2.45) is 0 Å². The quantitative estimate of drug-likeness (QED) is 0.421. The van der Waals surface area contributed by atoms with Crippen molar-refractivity contribution in [2.75, 3.05) is 7.18 Å². The molecule has 0 unspecified atom stereocenters. The van der Waals surface area contributed by atoms with Gasteiger partial charge in [0.2, 0.25) is 0 Å². The molecule has 0 nitrogen and oxygen atoms in total. The maximum atomic E-state index is 9.50. The number of alkyl halides is 1. The fourth-order valence-electron chi connectivity index (χ4n) is 2.00. The van der Waals surface area contributed by atoms with E-state index in [2.05, 4.69) is 38.4 Å². The lowest BCUT2D eigenvalue weighted by atomic mass is 9.85. The lowest BCUT2D eigenvalue weighted by Crippen LogP contribution is -2.02. The van der Waals surface area contributed by atoms with Crippen molar-refractivity contribution in [2.45, 2.75) is 47.5 Å². The summed E-state index contributed by atoms with van der Waals surface area (Å²) >= 11 is 0. The van der Waals surface area contributed by atoms with Gasteiger partial charge in [-0.2, -0.15) is 0 Å². The molecule has 0 atom stereocenters. The van der Waals surface area contributed by atoms with Crippen LogP contribution in [-0.4, -0.2) is 7.18 Å². The van der Waals surface area contributed by atoms with Gasteiger partial charge in [-0.05, 0) is 30.6 Å². The van der Waals surface area contributed by atoms with Gasteiger partial charge in [0.15, 0.2) is 0 Å². The highest BCUT2D eigenvalue weighted by atomic mass is 19.1. The van der Waals surface area contributed by atoms with Gasteiger partial charge in [-0.25, -0.2) is 0 Å². The van der Waals surface area contributed by atoms with Crippen LogP contribution in [0.4, 0.5) is 4.39 Å². The van der Waals surface area contributed by atoms with Gasteiger partial charge in [0.25, 0.3) is 0 Å². The van der Waals surface area contributed by atoms with E-state index in [1.165, 1.54) is 5.56 Å². The zero-order valence-corrected chi connectivity index (χ0v) is 18.5. The first-order valence-electron chi connectivity index (χ1n) is 9.39. The van der Waals surface area contributed by atoms with Crippen LogP contribution in [0.15, 0.2) is 103 Å². The predicted molar refractivity (Wildman–Crippen MR) is 125 cm³/mol. The molecule has 0 aromatic heterocycles. The Morgan fingerprint density at radius 1 is 0.704 bits per heavy atom. The zero-order chi connectivity index (χ0) is 21.8. The Kier molecular flexibility index (Phi) is 21.6. The van der Waals surface area contributed by atoms with E-state index in [-0.39, 0.29) is 5.92 Å².